The Labute approximate surface area is 317 Å². The van der Waals surface area contributed by atoms with Gasteiger partial charge < -0.3 is 4.57 Å². The van der Waals surface area contributed by atoms with Gasteiger partial charge in [0.05, 0.1) is 22.1 Å². The van der Waals surface area contributed by atoms with E-state index in [9.17, 15) is 4.79 Å². The molecule has 3 heteroatoms. The van der Waals surface area contributed by atoms with Crippen LogP contribution in [0.2, 0.25) is 0 Å². The highest BCUT2D eigenvalue weighted by atomic mass is 16.1. The minimum atomic E-state index is -0.130. The minimum Gasteiger partial charge on any atom is -0.309 e. The lowest BCUT2D eigenvalue weighted by Gasteiger charge is -2.23. The van der Waals surface area contributed by atoms with Gasteiger partial charge in [0.1, 0.15) is 0 Å². The Morgan fingerprint density at radius 1 is 0.418 bits per heavy atom. The van der Waals surface area contributed by atoms with Crippen LogP contribution in [0.15, 0.2) is 175 Å². The second-order valence-electron chi connectivity index (χ2n) is 15.7. The summed E-state index contributed by atoms with van der Waals surface area (Å²) in [5.41, 5.74) is 15.6. The molecule has 1 aliphatic rings. The zero-order chi connectivity index (χ0) is 36.6. The number of pyridine rings is 1. The highest BCUT2D eigenvalue weighted by Gasteiger charge is 2.38. The molecular weight excluding hydrogens is 669 g/mol. The van der Waals surface area contributed by atoms with Gasteiger partial charge in [0.25, 0.3) is 5.56 Å². The molecule has 0 amide bonds. The fourth-order valence-corrected chi connectivity index (χ4v) is 9.96. The van der Waals surface area contributed by atoms with E-state index in [1.54, 1.807) is 0 Å². The van der Waals surface area contributed by atoms with Crippen molar-refractivity contribution in [3.63, 3.8) is 0 Å². The molecule has 0 bridgehead atoms. The Balaban J connectivity index is 0.980. The molecule has 258 valence electrons. The maximum Gasteiger partial charge on any atom is 0.263 e. The molecule has 0 fully saturated rings. The van der Waals surface area contributed by atoms with Gasteiger partial charge in [-0.25, -0.2) is 0 Å². The fraction of sp³-hybridized carbons (Fsp3) is 0.0577. The summed E-state index contributed by atoms with van der Waals surface area (Å²) in [4.78, 5) is 13.8. The molecule has 12 rings (SSSR count). The molecule has 0 N–H and O–H groups in total. The Bertz CT molecular complexity index is 3470. The van der Waals surface area contributed by atoms with Crippen LogP contribution in [-0.4, -0.2) is 8.97 Å². The van der Waals surface area contributed by atoms with Crippen LogP contribution >= 0.6 is 0 Å². The van der Waals surface area contributed by atoms with Crippen molar-refractivity contribution in [2.45, 2.75) is 19.3 Å². The predicted octanol–water partition coefficient (Wildman–Crippen LogP) is 12.9. The Kier molecular flexibility index (Phi) is 5.99. The number of aromatic nitrogens is 2. The summed E-state index contributed by atoms with van der Waals surface area (Å²) in [6.07, 6.45) is 0. The third kappa shape index (κ3) is 4.02. The molecule has 3 nitrogen and oxygen atoms in total. The van der Waals surface area contributed by atoms with Gasteiger partial charge >= 0.3 is 0 Å². The second-order valence-corrected chi connectivity index (χ2v) is 15.7. The van der Waals surface area contributed by atoms with Gasteiger partial charge in [-0.1, -0.05) is 141 Å². The van der Waals surface area contributed by atoms with Crippen molar-refractivity contribution in [2.24, 2.45) is 0 Å². The van der Waals surface area contributed by atoms with E-state index >= 15 is 0 Å². The smallest absolute Gasteiger partial charge is 0.263 e. The molecule has 0 atom stereocenters. The van der Waals surface area contributed by atoms with Crippen LogP contribution < -0.4 is 5.56 Å². The van der Waals surface area contributed by atoms with E-state index in [4.69, 9.17) is 0 Å². The van der Waals surface area contributed by atoms with E-state index < -0.39 is 0 Å². The Morgan fingerprint density at radius 2 is 1.04 bits per heavy atom. The van der Waals surface area contributed by atoms with Crippen LogP contribution in [0.25, 0.3) is 98.8 Å². The van der Waals surface area contributed by atoms with Crippen molar-refractivity contribution in [3.05, 3.63) is 191 Å². The van der Waals surface area contributed by atoms with Crippen LogP contribution in [-0.2, 0) is 5.41 Å². The van der Waals surface area contributed by atoms with E-state index in [0.717, 1.165) is 60.3 Å². The first kappa shape index (κ1) is 30.5. The SMILES string of the molecule is CC1(C)c2ccccc2-c2ccc3c4ccccc4n(-c4ccc(-c5cccc(-c6ccc7c(c6)c6cccc8c9ccccc9c(=O)n7c86)c5)cc4)c3c21. The standard InChI is InChI=1S/C52H34N2O/c1-52(2)45-19-7-5-14-37(45)39-26-27-42-38-15-6-8-20-46(38)53(50(42)48(39)52)35-24-21-31(22-25-35)32-11-9-12-33(29-32)34-23-28-47-44(30-34)41-18-10-17-40-36-13-3-4-16-43(36)51(55)54(47)49(40)41/h3-30H,1-2H3. The topological polar surface area (TPSA) is 26.4 Å². The van der Waals surface area contributed by atoms with Crippen LogP contribution in [0.1, 0.15) is 25.0 Å². The molecule has 0 spiro atoms. The van der Waals surface area contributed by atoms with E-state index in [0.29, 0.717) is 0 Å². The van der Waals surface area contributed by atoms with Gasteiger partial charge in [0.2, 0.25) is 0 Å². The van der Waals surface area contributed by atoms with Crippen molar-refractivity contribution in [1.82, 2.24) is 8.97 Å². The first-order chi connectivity index (χ1) is 27.0. The average Bonchev–Trinajstić information content (AvgIpc) is 3.83. The second kappa shape index (κ2) is 10.8. The quantitative estimate of drug-likeness (QED) is 0.168. The van der Waals surface area contributed by atoms with Crippen LogP contribution in [0.5, 0.6) is 0 Å². The molecule has 0 aliphatic heterocycles. The molecule has 11 aromatic rings. The number of para-hydroxylation sites is 2. The molecular formula is C52H34N2O. The molecule has 8 aromatic carbocycles. The lowest BCUT2D eigenvalue weighted by atomic mass is 9.81. The predicted molar refractivity (Wildman–Crippen MR) is 230 cm³/mol. The summed E-state index contributed by atoms with van der Waals surface area (Å²) in [7, 11) is 0. The molecule has 0 radical (unpaired) electrons. The monoisotopic (exact) mass is 702 g/mol. The lowest BCUT2D eigenvalue weighted by molar-refractivity contribution is 0.664. The highest BCUT2D eigenvalue weighted by molar-refractivity contribution is 6.20. The third-order valence-corrected chi connectivity index (χ3v) is 12.4. The lowest BCUT2D eigenvalue weighted by Crippen LogP contribution is -2.16. The van der Waals surface area contributed by atoms with Crippen LogP contribution in [0.4, 0.5) is 0 Å². The summed E-state index contributed by atoms with van der Waals surface area (Å²) >= 11 is 0. The molecule has 0 saturated carbocycles. The summed E-state index contributed by atoms with van der Waals surface area (Å²) in [6, 6.07) is 61.1. The van der Waals surface area contributed by atoms with Gasteiger partial charge in [-0.15, -0.1) is 0 Å². The van der Waals surface area contributed by atoms with Crippen molar-refractivity contribution in [1.29, 1.82) is 0 Å². The number of hydrogen-bond acceptors (Lipinski definition) is 1. The maximum atomic E-state index is 13.8. The van der Waals surface area contributed by atoms with Crippen molar-refractivity contribution in [2.75, 3.05) is 0 Å². The first-order valence-electron chi connectivity index (χ1n) is 19.1. The first-order valence-corrected chi connectivity index (χ1v) is 19.1. The largest absolute Gasteiger partial charge is 0.309 e. The Hall–Kier alpha value is -6.97. The molecule has 1 aliphatic carbocycles. The molecule has 3 aromatic heterocycles. The molecule has 3 heterocycles. The number of hydrogen-bond donors (Lipinski definition) is 0. The molecule has 55 heavy (non-hydrogen) atoms. The van der Waals surface area contributed by atoms with Crippen LogP contribution in [0.3, 0.4) is 0 Å². The number of benzene rings is 8. The maximum absolute atomic E-state index is 13.8. The zero-order valence-electron chi connectivity index (χ0n) is 30.5. The van der Waals surface area contributed by atoms with Gasteiger partial charge in [-0.2, -0.15) is 0 Å². The average molecular weight is 703 g/mol. The van der Waals surface area contributed by atoms with E-state index in [1.165, 1.54) is 49.6 Å². The van der Waals surface area contributed by atoms with E-state index in [1.807, 2.05) is 22.6 Å². The van der Waals surface area contributed by atoms with Crippen molar-refractivity contribution in [3.8, 4) is 39.1 Å². The number of rotatable bonds is 3. The molecule has 0 saturated heterocycles. The zero-order valence-corrected chi connectivity index (χ0v) is 30.5. The van der Waals surface area contributed by atoms with Gasteiger partial charge in [0.15, 0.2) is 0 Å². The summed E-state index contributed by atoms with van der Waals surface area (Å²) in [5, 5.41) is 7.62. The highest BCUT2D eigenvalue weighted by Crippen LogP contribution is 2.53. The van der Waals surface area contributed by atoms with Gasteiger partial charge in [0, 0.05) is 43.4 Å². The minimum absolute atomic E-state index is 0.0339. The Morgan fingerprint density at radius 3 is 1.87 bits per heavy atom. The van der Waals surface area contributed by atoms with Gasteiger partial charge in [-0.05, 0) is 92.4 Å². The fourth-order valence-electron chi connectivity index (χ4n) is 9.96. The summed E-state index contributed by atoms with van der Waals surface area (Å²) in [5.74, 6) is 0. The number of fused-ring (bicyclic) bond motifs is 12. The normalized spacial score (nSPS) is 13.5. The third-order valence-electron chi connectivity index (χ3n) is 12.4. The van der Waals surface area contributed by atoms with Gasteiger partial charge in [-0.3, -0.25) is 9.20 Å². The van der Waals surface area contributed by atoms with Crippen molar-refractivity contribution >= 4 is 59.8 Å². The number of nitrogens with zero attached hydrogens (tertiary/aromatic N) is 2. The van der Waals surface area contributed by atoms with E-state index in [2.05, 4.69) is 170 Å². The molecule has 0 unspecified atom stereocenters. The summed E-state index contributed by atoms with van der Waals surface area (Å²) in [6.45, 7) is 4.74. The van der Waals surface area contributed by atoms with Crippen LogP contribution in [0, 0.1) is 0 Å². The van der Waals surface area contributed by atoms with Crippen molar-refractivity contribution < 1.29 is 0 Å². The summed E-state index contributed by atoms with van der Waals surface area (Å²) < 4.78 is 4.39. The van der Waals surface area contributed by atoms with E-state index in [-0.39, 0.29) is 11.0 Å².